The van der Waals surface area contributed by atoms with Gasteiger partial charge in [-0.3, -0.25) is 4.79 Å². The molecule has 1 saturated carbocycles. The van der Waals surface area contributed by atoms with Crippen molar-refractivity contribution in [2.45, 2.75) is 57.4 Å². The third-order valence-electron chi connectivity index (χ3n) is 5.00. The summed E-state index contributed by atoms with van der Waals surface area (Å²) in [4.78, 5) is 12.6. The SMILES string of the molecule is COc1ccc2c(c1)CC(C(=O)NC1CCCCCCC1)CO2. The van der Waals surface area contributed by atoms with Crippen LogP contribution in [-0.2, 0) is 11.2 Å². The highest BCUT2D eigenvalue weighted by Crippen LogP contribution is 2.31. The fourth-order valence-corrected chi connectivity index (χ4v) is 3.59. The first-order chi connectivity index (χ1) is 11.3. The van der Waals surface area contributed by atoms with Crippen LogP contribution >= 0.6 is 0 Å². The minimum atomic E-state index is -0.0972. The maximum Gasteiger partial charge on any atom is 0.227 e. The van der Waals surface area contributed by atoms with Gasteiger partial charge in [0.2, 0.25) is 5.91 Å². The number of methoxy groups -OCH3 is 1. The molecule has 1 aliphatic heterocycles. The summed E-state index contributed by atoms with van der Waals surface area (Å²) in [5.41, 5.74) is 1.06. The predicted octanol–water partition coefficient (Wildman–Crippen LogP) is 3.48. The first-order valence-electron chi connectivity index (χ1n) is 8.86. The van der Waals surface area contributed by atoms with E-state index in [2.05, 4.69) is 5.32 Å². The Hall–Kier alpha value is -1.71. The second-order valence-electron chi connectivity index (χ2n) is 6.74. The molecule has 4 nitrogen and oxygen atoms in total. The van der Waals surface area contributed by atoms with Crippen molar-refractivity contribution in [3.8, 4) is 11.5 Å². The van der Waals surface area contributed by atoms with E-state index in [1.165, 1.54) is 32.1 Å². The molecule has 4 heteroatoms. The van der Waals surface area contributed by atoms with Crippen molar-refractivity contribution in [1.82, 2.24) is 5.32 Å². The van der Waals surface area contributed by atoms with Crippen LogP contribution < -0.4 is 14.8 Å². The Morgan fingerprint density at radius 3 is 2.65 bits per heavy atom. The van der Waals surface area contributed by atoms with Gasteiger partial charge in [0.25, 0.3) is 0 Å². The Bertz CT molecular complexity index is 535. The lowest BCUT2D eigenvalue weighted by Crippen LogP contribution is -2.42. The van der Waals surface area contributed by atoms with E-state index in [0.717, 1.165) is 36.3 Å². The van der Waals surface area contributed by atoms with Crippen LogP contribution in [-0.4, -0.2) is 25.7 Å². The van der Waals surface area contributed by atoms with Crippen LogP contribution in [0, 0.1) is 5.92 Å². The van der Waals surface area contributed by atoms with Crippen LogP contribution in [0.25, 0.3) is 0 Å². The summed E-state index contributed by atoms with van der Waals surface area (Å²) in [6.07, 6.45) is 9.35. The Labute approximate surface area is 138 Å². The summed E-state index contributed by atoms with van der Waals surface area (Å²) in [6.45, 7) is 0.470. The molecule has 0 aromatic heterocycles. The molecule has 1 aromatic carbocycles. The number of nitrogens with one attached hydrogen (secondary N) is 1. The standard InChI is InChI=1S/C19H27NO3/c1-22-17-9-10-18-14(12-17)11-15(13-23-18)19(21)20-16-7-5-3-2-4-6-8-16/h9-10,12,15-16H,2-8,11,13H2,1H3,(H,20,21). The molecule has 23 heavy (non-hydrogen) atoms. The molecule has 1 aliphatic carbocycles. The van der Waals surface area contributed by atoms with Gasteiger partial charge in [-0.05, 0) is 43.0 Å². The minimum absolute atomic E-state index is 0.0972. The Morgan fingerprint density at radius 2 is 1.91 bits per heavy atom. The zero-order chi connectivity index (χ0) is 16.1. The molecule has 0 bridgehead atoms. The van der Waals surface area contributed by atoms with Gasteiger partial charge in [-0.25, -0.2) is 0 Å². The van der Waals surface area contributed by atoms with Crippen molar-refractivity contribution < 1.29 is 14.3 Å². The molecule has 1 fully saturated rings. The lowest BCUT2D eigenvalue weighted by atomic mass is 9.93. The number of amides is 1. The van der Waals surface area contributed by atoms with Crippen molar-refractivity contribution in [2.24, 2.45) is 5.92 Å². The third-order valence-corrected chi connectivity index (χ3v) is 5.00. The summed E-state index contributed by atoms with van der Waals surface area (Å²) < 4.78 is 11.0. The number of carbonyl (C=O) groups excluding carboxylic acids is 1. The van der Waals surface area contributed by atoms with E-state index in [4.69, 9.17) is 9.47 Å². The molecule has 1 heterocycles. The smallest absolute Gasteiger partial charge is 0.227 e. The summed E-state index contributed by atoms with van der Waals surface area (Å²) in [5.74, 6) is 1.73. The van der Waals surface area contributed by atoms with Crippen molar-refractivity contribution >= 4 is 5.91 Å². The molecule has 1 amide bonds. The second kappa shape index (κ2) is 7.71. The maximum atomic E-state index is 12.6. The van der Waals surface area contributed by atoms with Crippen LogP contribution in [0.15, 0.2) is 18.2 Å². The molecule has 3 rings (SSSR count). The minimum Gasteiger partial charge on any atom is -0.497 e. The maximum absolute atomic E-state index is 12.6. The Kier molecular flexibility index (Phi) is 5.42. The molecule has 1 N–H and O–H groups in total. The predicted molar refractivity (Wildman–Crippen MR) is 89.9 cm³/mol. The quantitative estimate of drug-likeness (QED) is 0.928. The van der Waals surface area contributed by atoms with Gasteiger partial charge in [0.05, 0.1) is 13.0 Å². The first-order valence-corrected chi connectivity index (χ1v) is 8.86. The van der Waals surface area contributed by atoms with E-state index in [0.29, 0.717) is 12.6 Å². The van der Waals surface area contributed by atoms with Crippen molar-refractivity contribution in [2.75, 3.05) is 13.7 Å². The first kappa shape index (κ1) is 16.2. The molecule has 0 spiro atoms. The molecule has 0 radical (unpaired) electrons. The van der Waals surface area contributed by atoms with E-state index in [1.54, 1.807) is 7.11 Å². The average Bonchev–Trinajstić information content (AvgIpc) is 2.56. The van der Waals surface area contributed by atoms with Gasteiger partial charge in [-0.2, -0.15) is 0 Å². The topological polar surface area (TPSA) is 47.6 Å². The number of fused-ring (bicyclic) bond motifs is 1. The van der Waals surface area contributed by atoms with Crippen LogP contribution in [0.1, 0.15) is 50.5 Å². The van der Waals surface area contributed by atoms with Crippen LogP contribution in [0.2, 0.25) is 0 Å². The number of rotatable bonds is 3. The van der Waals surface area contributed by atoms with Crippen LogP contribution in [0.5, 0.6) is 11.5 Å². The summed E-state index contributed by atoms with van der Waals surface area (Å²) in [6, 6.07) is 6.14. The molecule has 126 valence electrons. The number of hydrogen-bond acceptors (Lipinski definition) is 3. The molecule has 1 aromatic rings. The number of ether oxygens (including phenoxy) is 2. The van der Waals surface area contributed by atoms with Crippen LogP contribution in [0.3, 0.4) is 0 Å². The van der Waals surface area contributed by atoms with Gasteiger partial charge >= 0.3 is 0 Å². The van der Waals surface area contributed by atoms with Gasteiger partial charge in [-0.15, -0.1) is 0 Å². The van der Waals surface area contributed by atoms with E-state index in [-0.39, 0.29) is 11.8 Å². The number of carbonyl (C=O) groups is 1. The highest BCUT2D eigenvalue weighted by Gasteiger charge is 2.27. The van der Waals surface area contributed by atoms with E-state index in [9.17, 15) is 4.79 Å². The summed E-state index contributed by atoms with van der Waals surface area (Å²) >= 11 is 0. The molecule has 1 atom stereocenters. The average molecular weight is 317 g/mol. The molecule has 2 aliphatic rings. The van der Waals surface area contributed by atoms with Crippen molar-refractivity contribution in [3.63, 3.8) is 0 Å². The molecule has 0 saturated heterocycles. The normalized spacial score (nSPS) is 22.2. The highest BCUT2D eigenvalue weighted by atomic mass is 16.5. The summed E-state index contributed by atoms with van der Waals surface area (Å²) in [7, 11) is 1.66. The van der Waals surface area contributed by atoms with E-state index >= 15 is 0 Å². The molecular formula is C19H27NO3. The zero-order valence-corrected chi connectivity index (χ0v) is 14.0. The van der Waals surface area contributed by atoms with Gasteiger partial charge < -0.3 is 14.8 Å². The zero-order valence-electron chi connectivity index (χ0n) is 14.0. The van der Waals surface area contributed by atoms with E-state index < -0.39 is 0 Å². The molecular weight excluding hydrogens is 290 g/mol. The Morgan fingerprint density at radius 1 is 1.17 bits per heavy atom. The fraction of sp³-hybridized carbons (Fsp3) is 0.632. The molecule has 1 unspecified atom stereocenters. The van der Waals surface area contributed by atoms with Gasteiger partial charge in [-0.1, -0.05) is 32.1 Å². The van der Waals surface area contributed by atoms with Crippen molar-refractivity contribution in [3.05, 3.63) is 23.8 Å². The van der Waals surface area contributed by atoms with Gasteiger partial charge in [0.15, 0.2) is 0 Å². The van der Waals surface area contributed by atoms with Gasteiger partial charge in [0, 0.05) is 6.04 Å². The highest BCUT2D eigenvalue weighted by molar-refractivity contribution is 5.80. The van der Waals surface area contributed by atoms with E-state index in [1.807, 2.05) is 18.2 Å². The summed E-state index contributed by atoms with van der Waals surface area (Å²) in [5, 5.41) is 3.27. The number of benzene rings is 1. The van der Waals surface area contributed by atoms with Crippen molar-refractivity contribution in [1.29, 1.82) is 0 Å². The number of hydrogen-bond donors (Lipinski definition) is 1. The lowest BCUT2D eigenvalue weighted by molar-refractivity contribution is -0.127. The second-order valence-corrected chi connectivity index (χ2v) is 6.74. The van der Waals surface area contributed by atoms with Gasteiger partial charge in [0.1, 0.15) is 18.1 Å². The Balaban J connectivity index is 1.59. The fourth-order valence-electron chi connectivity index (χ4n) is 3.59. The lowest BCUT2D eigenvalue weighted by Gasteiger charge is -2.28. The third kappa shape index (κ3) is 4.18. The largest absolute Gasteiger partial charge is 0.497 e. The monoisotopic (exact) mass is 317 g/mol. The van der Waals surface area contributed by atoms with Crippen LogP contribution in [0.4, 0.5) is 0 Å².